The lowest BCUT2D eigenvalue weighted by Crippen LogP contribution is -2.10. The summed E-state index contributed by atoms with van der Waals surface area (Å²) in [5.41, 5.74) is -1.02. The number of nitrogens with one attached hydrogen (secondary N) is 3. The third kappa shape index (κ3) is 3.32. The summed E-state index contributed by atoms with van der Waals surface area (Å²) in [7, 11) is 0. The molecule has 0 unspecified atom stereocenters. The van der Waals surface area contributed by atoms with Gasteiger partial charge in [-0.1, -0.05) is 11.3 Å². The second-order valence-corrected chi connectivity index (χ2v) is 5.60. The van der Waals surface area contributed by atoms with Crippen molar-refractivity contribution in [2.24, 2.45) is 0 Å². The first-order valence-electron chi connectivity index (χ1n) is 6.08. The average Bonchev–Trinajstić information content (AvgIpc) is 2.90. The molecule has 0 radical (unpaired) electrons. The standard InChI is InChI=1S/C11H10F3N5OS/c12-11(13,14)7-3-8(19-18-7)17-9(20)6-4-15-10(21-6)16-5-1-2-5/h3-5H,1-2H2,(H,15,16)(H2,17,18,19,20). The Kier molecular flexibility index (Phi) is 3.32. The number of anilines is 2. The molecule has 10 heteroatoms. The van der Waals surface area contributed by atoms with Crippen LogP contribution in [0.1, 0.15) is 28.2 Å². The number of H-pyrrole nitrogens is 1. The molecule has 21 heavy (non-hydrogen) atoms. The minimum atomic E-state index is -4.53. The Morgan fingerprint density at radius 2 is 2.19 bits per heavy atom. The van der Waals surface area contributed by atoms with E-state index in [2.05, 4.69) is 20.7 Å². The summed E-state index contributed by atoms with van der Waals surface area (Å²) < 4.78 is 37.2. The number of thiazole rings is 1. The van der Waals surface area contributed by atoms with Crippen molar-refractivity contribution in [2.45, 2.75) is 25.1 Å². The number of alkyl halides is 3. The number of rotatable bonds is 4. The molecule has 1 saturated carbocycles. The van der Waals surface area contributed by atoms with E-state index in [1.54, 1.807) is 0 Å². The number of halogens is 3. The normalized spacial score (nSPS) is 15.0. The second kappa shape index (κ2) is 5.02. The predicted octanol–water partition coefficient (Wildman–Crippen LogP) is 2.71. The van der Waals surface area contributed by atoms with Crippen LogP contribution in [0.5, 0.6) is 0 Å². The molecule has 1 aliphatic carbocycles. The van der Waals surface area contributed by atoms with E-state index >= 15 is 0 Å². The average molecular weight is 317 g/mol. The van der Waals surface area contributed by atoms with Gasteiger partial charge in [0, 0.05) is 12.1 Å². The molecular weight excluding hydrogens is 307 g/mol. The van der Waals surface area contributed by atoms with Crippen molar-refractivity contribution in [2.75, 3.05) is 10.6 Å². The first-order chi connectivity index (χ1) is 9.91. The molecule has 0 atom stereocenters. The molecule has 1 fully saturated rings. The number of carbonyl (C=O) groups is 1. The summed E-state index contributed by atoms with van der Waals surface area (Å²) in [5, 5.41) is 11.3. The number of amides is 1. The Bertz CT molecular complexity index is 661. The molecule has 2 aromatic rings. The molecule has 0 aliphatic heterocycles. The van der Waals surface area contributed by atoms with Crippen molar-refractivity contribution in [3.8, 4) is 0 Å². The quantitative estimate of drug-likeness (QED) is 0.810. The van der Waals surface area contributed by atoms with Gasteiger partial charge in [-0.15, -0.1) is 0 Å². The van der Waals surface area contributed by atoms with Crippen LogP contribution >= 0.6 is 11.3 Å². The van der Waals surface area contributed by atoms with Crippen molar-refractivity contribution >= 4 is 28.2 Å². The van der Waals surface area contributed by atoms with E-state index in [0.717, 1.165) is 30.2 Å². The van der Waals surface area contributed by atoms with Gasteiger partial charge in [-0.05, 0) is 12.8 Å². The minimum Gasteiger partial charge on any atom is -0.359 e. The van der Waals surface area contributed by atoms with Crippen molar-refractivity contribution < 1.29 is 18.0 Å². The molecular formula is C11H10F3N5OS. The Morgan fingerprint density at radius 1 is 1.43 bits per heavy atom. The van der Waals surface area contributed by atoms with Gasteiger partial charge < -0.3 is 10.6 Å². The van der Waals surface area contributed by atoms with Crippen LogP contribution in [0.25, 0.3) is 0 Å². The zero-order valence-corrected chi connectivity index (χ0v) is 11.3. The maximum Gasteiger partial charge on any atom is 0.432 e. The highest BCUT2D eigenvalue weighted by atomic mass is 32.1. The van der Waals surface area contributed by atoms with Gasteiger partial charge >= 0.3 is 6.18 Å². The Hall–Kier alpha value is -2.10. The van der Waals surface area contributed by atoms with Crippen LogP contribution in [0.2, 0.25) is 0 Å². The molecule has 112 valence electrons. The van der Waals surface area contributed by atoms with E-state index in [1.165, 1.54) is 6.20 Å². The van der Waals surface area contributed by atoms with E-state index in [9.17, 15) is 18.0 Å². The molecule has 0 saturated heterocycles. The molecule has 0 bridgehead atoms. The molecule has 1 amide bonds. The molecule has 0 aromatic carbocycles. The molecule has 3 N–H and O–H groups in total. The van der Waals surface area contributed by atoms with Gasteiger partial charge in [0.2, 0.25) is 0 Å². The van der Waals surface area contributed by atoms with Gasteiger partial charge in [0.25, 0.3) is 5.91 Å². The van der Waals surface area contributed by atoms with E-state index in [1.807, 2.05) is 5.10 Å². The van der Waals surface area contributed by atoms with E-state index in [4.69, 9.17) is 0 Å². The van der Waals surface area contributed by atoms with Crippen molar-refractivity contribution in [1.82, 2.24) is 15.2 Å². The Balaban J connectivity index is 1.65. The SMILES string of the molecule is O=C(Nc1cc(C(F)(F)F)[nH]n1)c1cnc(NC2CC2)s1. The van der Waals surface area contributed by atoms with Crippen molar-refractivity contribution in [3.05, 3.63) is 22.8 Å². The second-order valence-electron chi connectivity index (χ2n) is 4.57. The molecule has 3 rings (SSSR count). The number of nitrogens with zero attached hydrogens (tertiary/aromatic N) is 2. The van der Waals surface area contributed by atoms with Gasteiger partial charge in [-0.3, -0.25) is 9.89 Å². The Labute approximate surface area is 120 Å². The lowest BCUT2D eigenvalue weighted by Gasteiger charge is -2.00. The van der Waals surface area contributed by atoms with Crippen LogP contribution in [0.3, 0.4) is 0 Å². The number of aromatic amines is 1. The van der Waals surface area contributed by atoms with E-state index in [-0.39, 0.29) is 5.82 Å². The third-order valence-electron chi connectivity index (χ3n) is 2.76. The summed E-state index contributed by atoms with van der Waals surface area (Å²) in [6.45, 7) is 0. The smallest absolute Gasteiger partial charge is 0.359 e. The van der Waals surface area contributed by atoms with Gasteiger partial charge in [0.05, 0.1) is 6.20 Å². The Morgan fingerprint density at radius 3 is 2.81 bits per heavy atom. The number of carbonyl (C=O) groups excluding carboxylic acids is 1. The fourth-order valence-corrected chi connectivity index (χ4v) is 2.35. The summed E-state index contributed by atoms with van der Waals surface area (Å²) in [6, 6.07) is 1.15. The first-order valence-corrected chi connectivity index (χ1v) is 6.90. The summed E-state index contributed by atoms with van der Waals surface area (Å²) in [6.07, 6.45) is -0.993. The monoisotopic (exact) mass is 317 g/mol. The molecule has 6 nitrogen and oxygen atoms in total. The molecule has 1 aliphatic rings. The number of hydrogen-bond acceptors (Lipinski definition) is 5. The molecule has 2 heterocycles. The highest BCUT2D eigenvalue weighted by molar-refractivity contribution is 7.17. The van der Waals surface area contributed by atoms with Crippen LogP contribution in [-0.2, 0) is 6.18 Å². The largest absolute Gasteiger partial charge is 0.432 e. The van der Waals surface area contributed by atoms with Crippen molar-refractivity contribution in [1.29, 1.82) is 0 Å². The van der Waals surface area contributed by atoms with Crippen LogP contribution < -0.4 is 10.6 Å². The zero-order chi connectivity index (χ0) is 15.0. The van der Waals surface area contributed by atoms with Crippen LogP contribution in [0.15, 0.2) is 12.3 Å². The topological polar surface area (TPSA) is 82.7 Å². The number of hydrogen-bond donors (Lipinski definition) is 3. The van der Waals surface area contributed by atoms with Gasteiger partial charge in [-0.25, -0.2) is 4.98 Å². The van der Waals surface area contributed by atoms with Gasteiger partial charge in [-0.2, -0.15) is 18.3 Å². The zero-order valence-electron chi connectivity index (χ0n) is 10.5. The fourth-order valence-electron chi connectivity index (χ4n) is 1.56. The van der Waals surface area contributed by atoms with E-state index in [0.29, 0.717) is 16.1 Å². The molecule has 2 aromatic heterocycles. The molecule has 0 spiro atoms. The first kappa shape index (κ1) is 13.9. The maximum atomic E-state index is 12.4. The summed E-state index contributed by atoms with van der Waals surface area (Å²) >= 11 is 1.15. The fraction of sp³-hybridized carbons (Fsp3) is 0.364. The van der Waals surface area contributed by atoms with Crippen molar-refractivity contribution in [3.63, 3.8) is 0 Å². The van der Waals surface area contributed by atoms with Crippen LogP contribution in [0, 0.1) is 0 Å². The summed E-state index contributed by atoms with van der Waals surface area (Å²) in [4.78, 5) is 16.2. The predicted molar refractivity (Wildman–Crippen MR) is 70.3 cm³/mol. The minimum absolute atomic E-state index is 0.183. The highest BCUT2D eigenvalue weighted by Gasteiger charge is 2.33. The lowest BCUT2D eigenvalue weighted by atomic mass is 10.4. The third-order valence-corrected chi connectivity index (χ3v) is 3.69. The highest BCUT2D eigenvalue weighted by Crippen LogP contribution is 2.30. The lowest BCUT2D eigenvalue weighted by molar-refractivity contribution is -0.141. The number of aromatic nitrogens is 3. The van der Waals surface area contributed by atoms with E-state index < -0.39 is 17.8 Å². The maximum absolute atomic E-state index is 12.4. The summed E-state index contributed by atoms with van der Waals surface area (Å²) in [5.74, 6) is -0.728. The van der Waals surface area contributed by atoms with Gasteiger partial charge in [0.15, 0.2) is 10.9 Å². The van der Waals surface area contributed by atoms with Gasteiger partial charge in [0.1, 0.15) is 10.6 Å². The van der Waals surface area contributed by atoms with Crippen LogP contribution in [0.4, 0.5) is 24.1 Å². The van der Waals surface area contributed by atoms with Crippen LogP contribution in [-0.4, -0.2) is 27.1 Å².